The van der Waals surface area contributed by atoms with Crippen LogP contribution in [0.1, 0.15) is 5.69 Å². The molecule has 0 bridgehead atoms. The van der Waals surface area contributed by atoms with Gasteiger partial charge in [-0.25, -0.2) is 4.98 Å². The normalized spacial score (nSPS) is 11.2. The number of nitrogens with zero attached hydrogens (tertiary/aromatic N) is 3. The Kier molecular flexibility index (Phi) is 2.33. The van der Waals surface area contributed by atoms with Gasteiger partial charge in [0.25, 0.3) is 0 Å². The summed E-state index contributed by atoms with van der Waals surface area (Å²) in [6.07, 6.45) is 4.15. The lowest BCUT2D eigenvalue weighted by Crippen LogP contribution is -1.92. The number of rotatable bonds is 1. The Balaban J connectivity index is 2.24. The first-order valence-corrected chi connectivity index (χ1v) is 6.21. The monoisotopic (exact) mass is 289 g/mol. The molecule has 3 aromatic rings. The van der Waals surface area contributed by atoms with Gasteiger partial charge in [-0.05, 0) is 19.1 Å². The van der Waals surface area contributed by atoms with Gasteiger partial charge in [-0.15, -0.1) is 0 Å². The van der Waals surface area contributed by atoms with Crippen molar-refractivity contribution in [1.82, 2.24) is 14.0 Å². The number of benzene rings is 1. The van der Waals surface area contributed by atoms with Crippen LogP contribution in [0.3, 0.4) is 0 Å². The van der Waals surface area contributed by atoms with E-state index in [0.717, 1.165) is 21.6 Å². The Labute approximate surface area is 108 Å². The molecule has 0 N–H and O–H groups in total. The molecule has 86 valence electrons. The van der Waals surface area contributed by atoms with Gasteiger partial charge in [0.1, 0.15) is 0 Å². The van der Waals surface area contributed by atoms with Crippen LogP contribution in [0.15, 0.2) is 41.1 Å². The first-order chi connectivity index (χ1) is 8.15. The summed E-state index contributed by atoms with van der Waals surface area (Å²) >= 11 is 3.50. The second-order valence-electron chi connectivity index (χ2n) is 4.17. The van der Waals surface area contributed by atoms with Crippen molar-refractivity contribution < 1.29 is 0 Å². The predicted octanol–water partition coefficient (Wildman–Crippen LogP) is 3.41. The van der Waals surface area contributed by atoms with Crippen LogP contribution in [-0.4, -0.2) is 14.0 Å². The Morgan fingerprint density at radius 2 is 2.06 bits per heavy atom. The minimum atomic E-state index is 0.970. The molecule has 3 rings (SSSR count). The molecular weight excluding hydrogens is 278 g/mol. The molecule has 3 nitrogen and oxygen atoms in total. The zero-order chi connectivity index (χ0) is 12.0. The third kappa shape index (κ3) is 1.69. The summed E-state index contributed by atoms with van der Waals surface area (Å²) < 4.78 is 5.25. The number of aromatic nitrogens is 3. The highest BCUT2D eigenvalue weighted by atomic mass is 79.9. The SMILES string of the molecule is Cc1cn2cc(-c3cccc(Br)c3)n(C)c2n1. The van der Waals surface area contributed by atoms with Crippen LogP contribution in [0, 0.1) is 6.92 Å². The van der Waals surface area contributed by atoms with E-state index >= 15 is 0 Å². The van der Waals surface area contributed by atoms with Crippen LogP contribution in [0.2, 0.25) is 0 Å². The molecule has 0 aliphatic rings. The predicted molar refractivity (Wildman–Crippen MR) is 72.0 cm³/mol. The lowest BCUT2D eigenvalue weighted by atomic mass is 10.2. The fourth-order valence-electron chi connectivity index (χ4n) is 2.09. The van der Waals surface area contributed by atoms with E-state index in [0.29, 0.717) is 0 Å². The average Bonchev–Trinajstić information content (AvgIpc) is 2.78. The summed E-state index contributed by atoms with van der Waals surface area (Å²) in [6, 6.07) is 8.29. The zero-order valence-electron chi connectivity index (χ0n) is 9.68. The molecule has 0 saturated heterocycles. The quantitative estimate of drug-likeness (QED) is 0.673. The van der Waals surface area contributed by atoms with Gasteiger partial charge in [-0.1, -0.05) is 28.1 Å². The van der Waals surface area contributed by atoms with Crippen molar-refractivity contribution in [1.29, 1.82) is 0 Å². The maximum absolute atomic E-state index is 4.50. The van der Waals surface area contributed by atoms with Crippen LogP contribution < -0.4 is 0 Å². The topological polar surface area (TPSA) is 22.2 Å². The number of halogens is 1. The van der Waals surface area contributed by atoms with Gasteiger partial charge < -0.3 is 4.57 Å². The highest BCUT2D eigenvalue weighted by molar-refractivity contribution is 9.10. The molecule has 0 saturated carbocycles. The van der Waals surface area contributed by atoms with E-state index in [-0.39, 0.29) is 0 Å². The van der Waals surface area contributed by atoms with Crippen LogP contribution in [0.4, 0.5) is 0 Å². The van der Waals surface area contributed by atoms with Gasteiger partial charge >= 0.3 is 0 Å². The van der Waals surface area contributed by atoms with E-state index in [1.807, 2.05) is 32.3 Å². The smallest absolute Gasteiger partial charge is 0.214 e. The van der Waals surface area contributed by atoms with Crippen LogP contribution >= 0.6 is 15.9 Å². The molecule has 4 heteroatoms. The fraction of sp³-hybridized carbons (Fsp3) is 0.154. The second-order valence-corrected chi connectivity index (χ2v) is 5.09. The van der Waals surface area contributed by atoms with Crippen molar-refractivity contribution >= 4 is 21.7 Å². The van der Waals surface area contributed by atoms with Crippen molar-refractivity contribution in [3.05, 3.63) is 46.8 Å². The zero-order valence-corrected chi connectivity index (χ0v) is 11.3. The molecule has 0 atom stereocenters. The summed E-state index contributed by atoms with van der Waals surface area (Å²) in [5, 5.41) is 0. The molecule has 1 aromatic carbocycles. The molecule has 0 radical (unpaired) electrons. The number of aryl methyl sites for hydroxylation is 2. The van der Waals surface area contributed by atoms with E-state index in [1.54, 1.807) is 0 Å². The Hall–Kier alpha value is -1.55. The maximum atomic E-state index is 4.50. The lowest BCUT2D eigenvalue weighted by Gasteiger charge is -2.02. The molecule has 2 aromatic heterocycles. The number of hydrogen-bond donors (Lipinski definition) is 0. The van der Waals surface area contributed by atoms with E-state index in [4.69, 9.17) is 0 Å². The average molecular weight is 290 g/mol. The number of imidazole rings is 2. The van der Waals surface area contributed by atoms with Gasteiger partial charge in [0.15, 0.2) is 0 Å². The van der Waals surface area contributed by atoms with E-state index < -0.39 is 0 Å². The summed E-state index contributed by atoms with van der Waals surface area (Å²) in [5.74, 6) is 0.970. The second kappa shape index (κ2) is 3.74. The molecule has 0 aliphatic heterocycles. The Morgan fingerprint density at radius 1 is 1.24 bits per heavy atom. The first-order valence-electron chi connectivity index (χ1n) is 5.42. The third-order valence-electron chi connectivity index (χ3n) is 2.88. The van der Waals surface area contributed by atoms with Gasteiger partial charge in [-0.2, -0.15) is 0 Å². The summed E-state index contributed by atoms with van der Waals surface area (Å²) in [5.41, 5.74) is 3.38. The first kappa shape index (κ1) is 10.6. The summed E-state index contributed by atoms with van der Waals surface area (Å²) in [7, 11) is 2.04. The standard InChI is InChI=1S/C13H12BrN3/c1-9-7-17-8-12(16(2)13(17)15-9)10-4-3-5-11(14)6-10/h3-8H,1-2H3. The largest absolute Gasteiger partial charge is 0.313 e. The molecule has 0 spiro atoms. The third-order valence-corrected chi connectivity index (χ3v) is 3.37. The van der Waals surface area contributed by atoms with Gasteiger partial charge in [-0.3, -0.25) is 4.40 Å². The van der Waals surface area contributed by atoms with Crippen LogP contribution in [-0.2, 0) is 7.05 Å². The van der Waals surface area contributed by atoms with Crippen LogP contribution in [0.25, 0.3) is 17.0 Å². The minimum Gasteiger partial charge on any atom is -0.313 e. The maximum Gasteiger partial charge on any atom is 0.214 e. The Morgan fingerprint density at radius 3 is 2.76 bits per heavy atom. The van der Waals surface area contributed by atoms with E-state index in [2.05, 4.69) is 48.2 Å². The molecule has 17 heavy (non-hydrogen) atoms. The van der Waals surface area contributed by atoms with Gasteiger partial charge in [0.05, 0.1) is 11.4 Å². The summed E-state index contributed by atoms with van der Waals surface area (Å²) in [6.45, 7) is 2.01. The molecule has 0 aliphatic carbocycles. The molecule has 0 amide bonds. The number of fused-ring (bicyclic) bond motifs is 1. The minimum absolute atomic E-state index is 0.970. The molecular formula is C13H12BrN3. The van der Waals surface area contributed by atoms with E-state index in [9.17, 15) is 0 Å². The Bertz CT molecular complexity index is 694. The molecule has 0 unspecified atom stereocenters. The fourth-order valence-corrected chi connectivity index (χ4v) is 2.49. The van der Waals surface area contributed by atoms with Crippen molar-refractivity contribution in [2.45, 2.75) is 6.92 Å². The van der Waals surface area contributed by atoms with E-state index in [1.165, 1.54) is 5.56 Å². The number of hydrogen-bond acceptors (Lipinski definition) is 1. The molecule has 0 fully saturated rings. The highest BCUT2D eigenvalue weighted by Crippen LogP contribution is 2.24. The van der Waals surface area contributed by atoms with Crippen molar-refractivity contribution in [2.75, 3.05) is 0 Å². The van der Waals surface area contributed by atoms with Crippen LogP contribution in [0.5, 0.6) is 0 Å². The molecule has 2 heterocycles. The van der Waals surface area contributed by atoms with Gasteiger partial charge in [0, 0.05) is 29.5 Å². The summed E-state index contributed by atoms with van der Waals surface area (Å²) in [4.78, 5) is 4.50. The van der Waals surface area contributed by atoms with Crippen molar-refractivity contribution in [3.8, 4) is 11.3 Å². The van der Waals surface area contributed by atoms with Crippen molar-refractivity contribution in [2.24, 2.45) is 7.05 Å². The van der Waals surface area contributed by atoms with Gasteiger partial charge in [0.2, 0.25) is 5.78 Å². The highest BCUT2D eigenvalue weighted by Gasteiger charge is 2.09. The van der Waals surface area contributed by atoms with Crippen molar-refractivity contribution in [3.63, 3.8) is 0 Å². The lowest BCUT2D eigenvalue weighted by molar-refractivity contribution is 0.942.